The Morgan fingerprint density at radius 1 is 1.29 bits per heavy atom. The molecule has 21 heavy (non-hydrogen) atoms. The molecule has 1 amide bonds. The van der Waals surface area contributed by atoms with Crippen molar-refractivity contribution in [2.45, 2.75) is 19.9 Å². The van der Waals surface area contributed by atoms with E-state index < -0.39 is 0 Å². The van der Waals surface area contributed by atoms with E-state index in [1.165, 1.54) is 0 Å². The summed E-state index contributed by atoms with van der Waals surface area (Å²) in [6.07, 6.45) is 7.06. The van der Waals surface area contributed by atoms with Gasteiger partial charge in [0.1, 0.15) is 11.2 Å². The Labute approximate surface area is 122 Å². The largest absolute Gasteiger partial charge is 0.345 e. The van der Waals surface area contributed by atoms with E-state index in [4.69, 9.17) is 0 Å². The van der Waals surface area contributed by atoms with Crippen molar-refractivity contribution in [2.24, 2.45) is 7.05 Å². The Bertz CT molecular complexity index is 784. The van der Waals surface area contributed by atoms with Crippen LogP contribution in [-0.2, 0) is 7.05 Å². The van der Waals surface area contributed by atoms with Crippen LogP contribution in [0.1, 0.15) is 34.6 Å². The number of amides is 1. The van der Waals surface area contributed by atoms with Gasteiger partial charge in [-0.25, -0.2) is 4.52 Å². The number of aromatic nitrogens is 4. The number of aryl methyl sites for hydroxylation is 2. The van der Waals surface area contributed by atoms with Gasteiger partial charge in [0.05, 0.1) is 12.2 Å². The van der Waals surface area contributed by atoms with Crippen molar-refractivity contribution in [2.75, 3.05) is 0 Å². The van der Waals surface area contributed by atoms with Crippen molar-refractivity contribution in [1.29, 1.82) is 0 Å². The number of fused-ring (bicyclic) bond motifs is 1. The molecule has 0 aromatic carbocycles. The highest BCUT2D eigenvalue weighted by Crippen LogP contribution is 2.15. The second-order valence-corrected chi connectivity index (χ2v) is 5.16. The molecule has 0 saturated carbocycles. The third-order valence-electron chi connectivity index (χ3n) is 3.56. The zero-order valence-electron chi connectivity index (χ0n) is 12.2. The van der Waals surface area contributed by atoms with Gasteiger partial charge < -0.3 is 9.88 Å². The predicted octanol–water partition coefficient (Wildman–Crippen LogP) is 1.87. The summed E-state index contributed by atoms with van der Waals surface area (Å²) in [5.41, 5.74) is 3.28. The molecule has 0 bridgehead atoms. The molecular formula is C15H17N5O. The lowest BCUT2D eigenvalue weighted by atomic mass is 10.1. The summed E-state index contributed by atoms with van der Waals surface area (Å²) in [5.74, 6) is -0.139. The summed E-state index contributed by atoms with van der Waals surface area (Å²) in [6, 6.07) is 3.80. The number of nitrogens with zero attached hydrogens (tertiary/aromatic N) is 4. The first-order chi connectivity index (χ1) is 10.1. The van der Waals surface area contributed by atoms with Crippen LogP contribution in [0.5, 0.6) is 0 Å². The average Bonchev–Trinajstić information content (AvgIpc) is 3.03. The highest BCUT2D eigenvalue weighted by atomic mass is 16.1. The zero-order chi connectivity index (χ0) is 15.0. The highest BCUT2D eigenvalue weighted by molar-refractivity contribution is 6.00. The van der Waals surface area contributed by atoms with Crippen LogP contribution in [0.25, 0.3) is 5.65 Å². The zero-order valence-corrected chi connectivity index (χ0v) is 12.2. The van der Waals surface area contributed by atoms with E-state index in [9.17, 15) is 4.79 Å². The van der Waals surface area contributed by atoms with E-state index >= 15 is 0 Å². The molecule has 6 nitrogen and oxygen atoms in total. The Morgan fingerprint density at radius 2 is 2.10 bits per heavy atom. The van der Waals surface area contributed by atoms with Gasteiger partial charge in [-0.2, -0.15) is 5.10 Å². The van der Waals surface area contributed by atoms with Crippen LogP contribution in [0, 0.1) is 6.92 Å². The van der Waals surface area contributed by atoms with Crippen molar-refractivity contribution in [3.63, 3.8) is 0 Å². The Morgan fingerprint density at radius 3 is 2.81 bits per heavy atom. The van der Waals surface area contributed by atoms with Gasteiger partial charge in [-0.3, -0.25) is 9.78 Å². The van der Waals surface area contributed by atoms with E-state index in [1.54, 1.807) is 16.9 Å². The van der Waals surface area contributed by atoms with Crippen LogP contribution in [0.15, 0.2) is 36.9 Å². The van der Waals surface area contributed by atoms with Crippen LogP contribution in [0.3, 0.4) is 0 Å². The van der Waals surface area contributed by atoms with E-state index in [0.717, 1.165) is 16.9 Å². The quantitative estimate of drug-likeness (QED) is 0.798. The lowest BCUT2D eigenvalue weighted by Gasteiger charge is -2.13. The van der Waals surface area contributed by atoms with Gasteiger partial charge in [0.25, 0.3) is 5.91 Å². The standard InChI is InChI=1S/C15H17N5O/c1-10-4-5-12(8-16-10)11(2)18-14(21)13-9-17-20-7-6-19(3)15(13)20/h4-9,11H,1-3H3,(H,18,21)/t11-/m0/s1. The molecule has 3 rings (SSSR count). The molecule has 0 radical (unpaired) electrons. The number of carbonyl (C=O) groups is 1. The Kier molecular flexibility index (Phi) is 3.21. The van der Waals surface area contributed by atoms with Gasteiger partial charge in [-0.05, 0) is 25.5 Å². The fourth-order valence-corrected chi connectivity index (χ4v) is 2.30. The minimum Gasteiger partial charge on any atom is -0.345 e. The molecule has 0 aliphatic rings. The summed E-state index contributed by atoms with van der Waals surface area (Å²) >= 11 is 0. The Hall–Kier alpha value is -2.63. The van der Waals surface area contributed by atoms with Crippen molar-refractivity contribution >= 4 is 11.6 Å². The van der Waals surface area contributed by atoms with Crippen molar-refractivity contribution in [1.82, 2.24) is 24.5 Å². The number of nitrogens with one attached hydrogen (secondary N) is 1. The fourth-order valence-electron chi connectivity index (χ4n) is 2.30. The van der Waals surface area contributed by atoms with Crippen molar-refractivity contribution in [3.05, 3.63) is 53.7 Å². The molecule has 0 fully saturated rings. The van der Waals surface area contributed by atoms with Gasteiger partial charge in [-0.1, -0.05) is 6.07 Å². The minimum atomic E-state index is -0.139. The maximum atomic E-state index is 12.4. The number of rotatable bonds is 3. The first-order valence-corrected chi connectivity index (χ1v) is 6.78. The lowest BCUT2D eigenvalue weighted by molar-refractivity contribution is 0.0941. The van der Waals surface area contributed by atoms with Crippen LogP contribution in [0.2, 0.25) is 0 Å². The van der Waals surface area contributed by atoms with Crippen molar-refractivity contribution < 1.29 is 4.79 Å². The maximum absolute atomic E-state index is 12.4. The molecule has 3 heterocycles. The summed E-state index contributed by atoms with van der Waals surface area (Å²) in [7, 11) is 1.89. The SMILES string of the molecule is Cc1ccc([C@H](C)NC(=O)c2cnn3ccn(C)c23)cn1. The van der Waals surface area contributed by atoms with Gasteiger partial charge in [0.15, 0.2) is 0 Å². The summed E-state index contributed by atoms with van der Waals surface area (Å²) in [5, 5.41) is 7.16. The van der Waals surface area contributed by atoms with Gasteiger partial charge in [-0.15, -0.1) is 0 Å². The summed E-state index contributed by atoms with van der Waals surface area (Å²) in [4.78, 5) is 16.7. The van der Waals surface area contributed by atoms with E-state index in [-0.39, 0.29) is 11.9 Å². The molecule has 6 heteroatoms. The molecule has 0 unspecified atom stereocenters. The molecule has 3 aromatic heterocycles. The third-order valence-corrected chi connectivity index (χ3v) is 3.56. The second-order valence-electron chi connectivity index (χ2n) is 5.16. The molecule has 1 atom stereocenters. The molecule has 0 aliphatic carbocycles. The monoisotopic (exact) mass is 283 g/mol. The molecule has 0 saturated heterocycles. The summed E-state index contributed by atoms with van der Waals surface area (Å²) < 4.78 is 3.56. The topological polar surface area (TPSA) is 64.2 Å². The molecule has 108 valence electrons. The lowest BCUT2D eigenvalue weighted by Crippen LogP contribution is -2.26. The van der Waals surface area contributed by atoms with E-state index in [0.29, 0.717) is 5.56 Å². The second kappa shape index (κ2) is 5.05. The number of hydrogen-bond acceptors (Lipinski definition) is 3. The number of imidazole rings is 1. The molecule has 1 N–H and O–H groups in total. The third kappa shape index (κ3) is 2.40. The minimum absolute atomic E-state index is 0.110. The summed E-state index contributed by atoms with van der Waals surface area (Å²) in [6.45, 7) is 3.88. The van der Waals surface area contributed by atoms with Gasteiger partial charge in [0.2, 0.25) is 0 Å². The first kappa shape index (κ1) is 13.4. The van der Waals surface area contributed by atoms with Crippen LogP contribution < -0.4 is 5.32 Å². The predicted molar refractivity (Wildman–Crippen MR) is 79.0 cm³/mol. The van der Waals surface area contributed by atoms with E-state index in [2.05, 4.69) is 15.4 Å². The first-order valence-electron chi connectivity index (χ1n) is 6.78. The average molecular weight is 283 g/mol. The Balaban J connectivity index is 1.82. The van der Waals surface area contributed by atoms with Crippen LogP contribution in [-0.4, -0.2) is 25.1 Å². The van der Waals surface area contributed by atoms with Gasteiger partial charge in [0, 0.05) is 31.3 Å². The normalized spacial score (nSPS) is 12.5. The number of hydrogen-bond donors (Lipinski definition) is 1. The van der Waals surface area contributed by atoms with Crippen LogP contribution in [0.4, 0.5) is 0 Å². The van der Waals surface area contributed by atoms with Crippen LogP contribution >= 0.6 is 0 Å². The smallest absolute Gasteiger partial charge is 0.257 e. The van der Waals surface area contributed by atoms with Crippen molar-refractivity contribution in [3.8, 4) is 0 Å². The molecular weight excluding hydrogens is 266 g/mol. The number of carbonyl (C=O) groups excluding carboxylic acids is 1. The maximum Gasteiger partial charge on any atom is 0.257 e. The fraction of sp³-hybridized carbons (Fsp3) is 0.267. The molecule has 0 aliphatic heterocycles. The van der Waals surface area contributed by atoms with Gasteiger partial charge >= 0.3 is 0 Å². The molecule has 0 spiro atoms. The molecule has 3 aromatic rings. The highest BCUT2D eigenvalue weighted by Gasteiger charge is 2.17. The number of pyridine rings is 1. The van der Waals surface area contributed by atoms with E-state index in [1.807, 2.05) is 50.0 Å².